The number of nitrogens with zero attached hydrogens (tertiary/aromatic N) is 1. The highest BCUT2D eigenvalue weighted by molar-refractivity contribution is 9.11. The maximum atomic E-state index is 12.0. The van der Waals surface area contributed by atoms with Crippen LogP contribution < -0.4 is 0 Å². The molecule has 0 spiro atoms. The minimum Gasteiger partial charge on any atom is -0.459 e. The van der Waals surface area contributed by atoms with Gasteiger partial charge in [-0.25, -0.2) is 4.98 Å². The van der Waals surface area contributed by atoms with Crippen LogP contribution in [0.4, 0.5) is 0 Å². The number of halogens is 1. The van der Waals surface area contributed by atoms with Crippen LogP contribution in [0, 0.1) is 0 Å². The van der Waals surface area contributed by atoms with Crippen molar-refractivity contribution in [2.75, 3.05) is 0 Å². The second-order valence-electron chi connectivity index (χ2n) is 5.10. The van der Waals surface area contributed by atoms with Crippen LogP contribution in [0.3, 0.4) is 0 Å². The van der Waals surface area contributed by atoms with Crippen molar-refractivity contribution in [1.29, 1.82) is 0 Å². The van der Waals surface area contributed by atoms with E-state index in [0.717, 1.165) is 8.79 Å². The van der Waals surface area contributed by atoms with Gasteiger partial charge >= 0.3 is 5.97 Å². The Hall–Kier alpha value is -0.420. The van der Waals surface area contributed by atoms with E-state index in [2.05, 4.69) is 20.9 Å². The van der Waals surface area contributed by atoms with E-state index in [9.17, 15) is 4.79 Å². The van der Waals surface area contributed by atoms with Crippen molar-refractivity contribution in [3.63, 3.8) is 0 Å². The van der Waals surface area contributed by atoms with Gasteiger partial charge in [0.25, 0.3) is 0 Å². The fraction of sp³-hybridized carbons (Fsp3) is 0.636. The average molecular weight is 306 g/mol. The fourth-order valence-electron chi connectivity index (χ4n) is 1.05. The highest BCUT2D eigenvalue weighted by atomic mass is 79.9. The summed E-state index contributed by atoms with van der Waals surface area (Å²) in [6, 6.07) is 0. The first-order valence-electron chi connectivity index (χ1n) is 4.98. The number of hydrogen-bond donors (Lipinski definition) is 0. The van der Waals surface area contributed by atoms with Gasteiger partial charge in [-0.3, -0.25) is 4.79 Å². The van der Waals surface area contributed by atoms with Crippen LogP contribution >= 0.6 is 27.3 Å². The molecule has 0 N–H and O–H groups in total. The molecule has 1 rings (SSSR count). The summed E-state index contributed by atoms with van der Waals surface area (Å²) in [4.78, 5) is 17.0. The van der Waals surface area contributed by atoms with Gasteiger partial charge in [-0.15, -0.1) is 11.3 Å². The van der Waals surface area contributed by atoms with Gasteiger partial charge < -0.3 is 4.74 Å². The normalized spacial score (nSPS) is 12.6. The zero-order valence-electron chi connectivity index (χ0n) is 10.1. The summed E-state index contributed by atoms with van der Waals surface area (Å²) in [6.07, 6.45) is 1.71. The highest BCUT2D eigenvalue weighted by Crippen LogP contribution is 2.32. The Kier molecular flexibility index (Phi) is 3.80. The summed E-state index contributed by atoms with van der Waals surface area (Å²) in [5.41, 5.74) is -1.12. The Morgan fingerprint density at radius 2 is 1.94 bits per heavy atom. The Labute approximate surface area is 108 Å². The summed E-state index contributed by atoms with van der Waals surface area (Å²) in [7, 11) is 0. The third kappa shape index (κ3) is 3.28. The molecule has 90 valence electrons. The molecule has 0 amide bonds. The van der Waals surface area contributed by atoms with Crippen molar-refractivity contribution in [2.24, 2.45) is 0 Å². The molecular weight excluding hydrogens is 290 g/mol. The Balaban J connectivity index is 2.90. The molecule has 16 heavy (non-hydrogen) atoms. The SMILES string of the molecule is CC(C)(C)OC(=O)C(C)(C)c1cnc(Br)s1. The predicted octanol–water partition coefficient (Wildman–Crippen LogP) is 3.52. The van der Waals surface area contributed by atoms with Crippen molar-refractivity contribution >= 4 is 33.2 Å². The molecule has 0 unspecified atom stereocenters. The monoisotopic (exact) mass is 305 g/mol. The van der Waals surface area contributed by atoms with Gasteiger partial charge in [-0.2, -0.15) is 0 Å². The molecule has 3 nitrogen and oxygen atoms in total. The third-order valence-corrected chi connectivity index (χ3v) is 3.80. The van der Waals surface area contributed by atoms with Crippen LogP contribution in [0.1, 0.15) is 39.5 Å². The number of thiazole rings is 1. The van der Waals surface area contributed by atoms with Crippen LogP contribution in [-0.2, 0) is 14.9 Å². The molecule has 0 fully saturated rings. The van der Waals surface area contributed by atoms with Gasteiger partial charge in [-0.1, -0.05) is 0 Å². The van der Waals surface area contributed by atoms with E-state index in [1.54, 1.807) is 6.20 Å². The maximum Gasteiger partial charge on any atom is 0.317 e. The molecule has 1 aromatic rings. The Morgan fingerprint density at radius 3 is 2.31 bits per heavy atom. The van der Waals surface area contributed by atoms with E-state index < -0.39 is 11.0 Å². The topological polar surface area (TPSA) is 39.2 Å². The minimum absolute atomic E-state index is 0.226. The first-order chi connectivity index (χ1) is 7.13. The summed E-state index contributed by atoms with van der Waals surface area (Å²) in [5, 5.41) is 0. The smallest absolute Gasteiger partial charge is 0.317 e. The van der Waals surface area contributed by atoms with E-state index in [1.807, 2.05) is 34.6 Å². The lowest BCUT2D eigenvalue weighted by Crippen LogP contribution is -2.36. The second-order valence-corrected chi connectivity index (χ2v) is 7.41. The van der Waals surface area contributed by atoms with E-state index in [-0.39, 0.29) is 5.97 Å². The Bertz CT molecular complexity index is 393. The largest absolute Gasteiger partial charge is 0.459 e. The molecule has 0 aliphatic heterocycles. The van der Waals surface area contributed by atoms with Crippen LogP contribution in [0.25, 0.3) is 0 Å². The highest BCUT2D eigenvalue weighted by Gasteiger charge is 2.35. The van der Waals surface area contributed by atoms with E-state index in [1.165, 1.54) is 11.3 Å². The molecule has 1 aromatic heterocycles. The van der Waals surface area contributed by atoms with Crippen molar-refractivity contribution < 1.29 is 9.53 Å². The Morgan fingerprint density at radius 1 is 1.38 bits per heavy atom. The average Bonchev–Trinajstić information content (AvgIpc) is 2.48. The predicted molar refractivity (Wildman–Crippen MR) is 68.7 cm³/mol. The molecule has 0 aromatic carbocycles. The third-order valence-electron chi connectivity index (χ3n) is 2.00. The number of hydrogen-bond acceptors (Lipinski definition) is 4. The molecular formula is C11H16BrNO2S. The second kappa shape index (κ2) is 4.45. The summed E-state index contributed by atoms with van der Waals surface area (Å²) >= 11 is 4.74. The molecule has 5 heteroatoms. The lowest BCUT2D eigenvalue weighted by atomic mass is 9.92. The van der Waals surface area contributed by atoms with E-state index >= 15 is 0 Å². The maximum absolute atomic E-state index is 12.0. The minimum atomic E-state index is -0.656. The molecule has 0 saturated carbocycles. The van der Waals surface area contributed by atoms with Gasteiger partial charge in [0.1, 0.15) is 5.60 Å². The molecule has 1 heterocycles. The summed E-state index contributed by atoms with van der Waals surface area (Å²) < 4.78 is 6.17. The van der Waals surface area contributed by atoms with Crippen LogP contribution in [-0.4, -0.2) is 16.6 Å². The van der Waals surface area contributed by atoms with Crippen molar-refractivity contribution in [2.45, 2.75) is 45.6 Å². The quantitative estimate of drug-likeness (QED) is 0.785. The van der Waals surface area contributed by atoms with Gasteiger partial charge in [0.2, 0.25) is 0 Å². The number of esters is 1. The van der Waals surface area contributed by atoms with E-state index in [0.29, 0.717) is 0 Å². The van der Waals surface area contributed by atoms with Gasteiger partial charge in [-0.05, 0) is 50.5 Å². The van der Waals surface area contributed by atoms with Gasteiger partial charge in [0, 0.05) is 11.1 Å². The van der Waals surface area contributed by atoms with Gasteiger partial charge in [0.15, 0.2) is 3.92 Å². The van der Waals surface area contributed by atoms with Crippen molar-refractivity contribution in [3.8, 4) is 0 Å². The zero-order chi connectivity index (χ0) is 12.6. The molecule has 0 aliphatic rings. The van der Waals surface area contributed by atoms with Crippen LogP contribution in [0.2, 0.25) is 0 Å². The van der Waals surface area contributed by atoms with Crippen molar-refractivity contribution in [1.82, 2.24) is 4.98 Å². The number of aromatic nitrogens is 1. The van der Waals surface area contributed by atoms with E-state index in [4.69, 9.17) is 4.74 Å². The first-order valence-corrected chi connectivity index (χ1v) is 6.59. The van der Waals surface area contributed by atoms with Crippen LogP contribution in [0.15, 0.2) is 10.1 Å². The molecule has 0 bridgehead atoms. The zero-order valence-corrected chi connectivity index (χ0v) is 12.5. The molecule has 0 atom stereocenters. The molecule has 0 radical (unpaired) electrons. The van der Waals surface area contributed by atoms with Gasteiger partial charge in [0.05, 0.1) is 5.41 Å². The standard InChI is InChI=1S/C11H16BrNO2S/c1-10(2,3)15-8(14)11(4,5)7-6-13-9(12)16-7/h6H,1-5H3. The number of carbonyl (C=O) groups is 1. The molecule has 0 saturated heterocycles. The lowest BCUT2D eigenvalue weighted by molar-refractivity contribution is -0.160. The number of ether oxygens (including phenoxy) is 1. The number of carbonyl (C=O) groups excluding carboxylic acids is 1. The fourth-order valence-corrected chi connectivity index (χ4v) is 2.40. The number of rotatable bonds is 2. The first kappa shape index (κ1) is 13.6. The van der Waals surface area contributed by atoms with Crippen LogP contribution in [0.5, 0.6) is 0 Å². The lowest BCUT2D eigenvalue weighted by Gasteiger charge is -2.27. The van der Waals surface area contributed by atoms with Crippen molar-refractivity contribution in [3.05, 3.63) is 15.0 Å². The summed E-state index contributed by atoms with van der Waals surface area (Å²) in [6.45, 7) is 9.29. The summed E-state index contributed by atoms with van der Waals surface area (Å²) in [5.74, 6) is -0.226. The molecule has 0 aliphatic carbocycles.